The Hall–Kier alpha value is -3.31. The van der Waals surface area contributed by atoms with E-state index in [9.17, 15) is 9.59 Å². The van der Waals surface area contributed by atoms with E-state index in [1.165, 1.54) is 0 Å². The van der Waals surface area contributed by atoms with Gasteiger partial charge in [-0.3, -0.25) is 4.79 Å². The van der Waals surface area contributed by atoms with Gasteiger partial charge in [-0.2, -0.15) is 0 Å². The number of halogens is 1. The summed E-state index contributed by atoms with van der Waals surface area (Å²) < 4.78 is 10.1. The maximum absolute atomic E-state index is 12.3. The number of carbonyl (C=O) groups excluding carboxylic acids is 1. The fraction of sp³-hybridized carbons (Fsp3) is 0.167. The summed E-state index contributed by atoms with van der Waals surface area (Å²) in [5.41, 5.74) is 3.47. The number of carboxylic acids is 1. The van der Waals surface area contributed by atoms with E-state index < -0.39 is 5.97 Å². The Morgan fingerprint density at radius 3 is 2.17 bits per heavy atom. The zero-order valence-electron chi connectivity index (χ0n) is 17.0. The van der Waals surface area contributed by atoms with Crippen molar-refractivity contribution in [2.24, 2.45) is 0 Å². The molecule has 3 aromatic rings. The Morgan fingerprint density at radius 1 is 0.933 bits per heavy atom. The largest absolute Gasteiger partial charge is 0.496 e. The highest BCUT2D eigenvalue weighted by Gasteiger charge is 2.10. The van der Waals surface area contributed by atoms with Crippen LogP contribution in [0.15, 0.2) is 66.7 Å². The predicted octanol–water partition coefficient (Wildman–Crippen LogP) is 5.35. The number of aryl methyl sites for hydroxylation is 2. The summed E-state index contributed by atoms with van der Waals surface area (Å²) in [5.74, 6) is 0.354. The highest BCUT2D eigenvalue weighted by atomic mass is 35.5. The van der Waals surface area contributed by atoms with Gasteiger partial charge in [-0.1, -0.05) is 35.4 Å². The molecule has 0 atom stereocenters. The molecule has 6 heteroatoms. The van der Waals surface area contributed by atoms with Crippen LogP contribution in [0.2, 0.25) is 5.02 Å². The summed E-state index contributed by atoms with van der Waals surface area (Å²) in [6.45, 7) is 3.59. The molecule has 3 rings (SSSR count). The van der Waals surface area contributed by atoms with Crippen molar-refractivity contribution in [3.8, 4) is 11.5 Å². The molecule has 3 aromatic carbocycles. The van der Waals surface area contributed by atoms with Gasteiger partial charge in [-0.25, -0.2) is 4.79 Å². The molecule has 0 fully saturated rings. The van der Waals surface area contributed by atoms with Crippen LogP contribution in [0.4, 0.5) is 0 Å². The third kappa shape index (κ3) is 6.94. The number of ketones is 1. The summed E-state index contributed by atoms with van der Waals surface area (Å²) in [4.78, 5) is 22.4. The molecule has 5 nitrogen and oxygen atoms in total. The van der Waals surface area contributed by atoms with E-state index in [1.54, 1.807) is 37.4 Å². The monoisotopic (exact) mass is 426 g/mol. The molecule has 0 heterocycles. The molecule has 0 bridgehead atoms. The molecule has 0 saturated heterocycles. The van der Waals surface area contributed by atoms with Crippen LogP contribution in [0.25, 0.3) is 0 Å². The van der Waals surface area contributed by atoms with Crippen LogP contribution in [-0.4, -0.2) is 30.6 Å². The van der Waals surface area contributed by atoms with Gasteiger partial charge in [0, 0.05) is 16.1 Å². The van der Waals surface area contributed by atoms with Gasteiger partial charge in [0.1, 0.15) is 11.5 Å². The average Bonchev–Trinajstić information content (AvgIpc) is 2.73. The fourth-order valence-corrected chi connectivity index (χ4v) is 2.77. The number of hydrogen-bond donors (Lipinski definition) is 1. The van der Waals surface area contributed by atoms with Crippen molar-refractivity contribution in [3.05, 3.63) is 94.0 Å². The second-order valence-corrected chi connectivity index (χ2v) is 6.96. The number of ether oxygens (including phenoxy) is 2. The van der Waals surface area contributed by atoms with Crippen LogP contribution < -0.4 is 9.47 Å². The number of methoxy groups -OCH3 is 1. The van der Waals surface area contributed by atoms with Gasteiger partial charge < -0.3 is 14.6 Å². The maximum Gasteiger partial charge on any atom is 0.341 e. The normalized spacial score (nSPS) is 9.87. The summed E-state index contributed by atoms with van der Waals surface area (Å²) >= 11 is 5.60. The van der Waals surface area contributed by atoms with Crippen LogP contribution >= 0.6 is 11.6 Å². The van der Waals surface area contributed by atoms with Crippen molar-refractivity contribution in [1.29, 1.82) is 0 Å². The van der Waals surface area contributed by atoms with E-state index in [2.05, 4.69) is 0 Å². The highest BCUT2D eigenvalue weighted by molar-refractivity contribution is 6.30. The lowest BCUT2D eigenvalue weighted by atomic mass is 10.00. The molecule has 0 spiro atoms. The van der Waals surface area contributed by atoms with Crippen LogP contribution in [0.3, 0.4) is 0 Å². The van der Waals surface area contributed by atoms with Crippen LogP contribution in [0.5, 0.6) is 11.5 Å². The number of benzene rings is 3. The first-order valence-corrected chi connectivity index (χ1v) is 9.54. The Kier molecular flexibility index (Phi) is 8.44. The molecule has 0 aromatic heterocycles. The summed E-state index contributed by atoms with van der Waals surface area (Å²) in [6, 6.07) is 19.6. The van der Waals surface area contributed by atoms with E-state index in [1.807, 2.05) is 50.2 Å². The molecular weight excluding hydrogens is 404 g/mol. The third-order valence-corrected chi connectivity index (χ3v) is 4.37. The van der Waals surface area contributed by atoms with Gasteiger partial charge in [0.05, 0.1) is 7.11 Å². The molecule has 0 saturated carbocycles. The Bertz CT molecular complexity index is 1010. The minimum Gasteiger partial charge on any atom is -0.496 e. The number of carbonyl (C=O) groups is 2. The molecule has 0 radical (unpaired) electrons. The molecular formula is C24H23ClO5. The zero-order chi connectivity index (χ0) is 22.1. The molecule has 0 aliphatic rings. The number of hydrogen-bond acceptors (Lipinski definition) is 4. The quantitative estimate of drug-likeness (QED) is 0.538. The molecule has 1 N–H and O–H groups in total. The van der Waals surface area contributed by atoms with Gasteiger partial charge in [0.2, 0.25) is 0 Å². The highest BCUT2D eigenvalue weighted by Crippen LogP contribution is 2.20. The molecule has 0 unspecified atom stereocenters. The van der Waals surface area contributed by atoms with Crippen molar-refractivity contribution < 1.29 is 24.2 Å². The van der Waals surface area contributed by atoms with Crippen molar-refractivity contribution >= 4 is 23.4 Å². The van der Waals surface area contributed by atoms with Crippen molar-refractivity contribution in [3.63, 3.8) is 0 Å². The minimum atomic E-state index is -0.995. The molecule has 156 valence electrons. The van der Waals surface area contributed by atoms with E-state index in [4.69, 9.17) is 26.2 Å². The summed E-state index contributed by atoms with van der Waals surface area (Å²) in [7, 11) is 1.63. The van der Waals surface area contributed by atoms with Gasteiger partial charge in [0.25, 0.3) is 0 Å². The lowest BCUT2D eigenvalue weighted by Gasteiger charge is -2.07. The van der Waals surface area contributed by atoms with Crippen molar-refractivity contribution in [2.45, 2.75) is 13.8 Å². The molecule has 0 aliphatic heterocycles. The first-order valence-electron chi connectivity index (χ1n) is 9.16. The standard InChI is InChI=1S/C16H16O2.C8H7ClO3/c1-11-5-4-6-13(9-11)16(17)14-7-8-15(18-3)12(2)10-14;9-6-1-3-7(4-2-6)12-5-8(10)11/h4-10H,1-3H3;1-4H,5H2,(H,10,11). The maximum atomic E-state index is 12.3. The van der Waals surface area contributed by atoms with Crippen LogP contribution in [0.1, 0.15) is 27.0 Å². The number of aliphatic carboxylic acids is 1. The lowest BCUT2D eigenvalue weighted by Crippen LogP contribution is -2.09. The average molecular weight is 427 g/mol. The van der Waals surface area contributed by atoms with Gasteiger partial charge in [-0.15, -0.1) is 0 Å². The first kappa shape index (κ1) is 23.0. The fourth-order valence-electron chi connectivity index (χ4n) is 2.65. The van der Waals surface area contributed by atoms with Gasteiger partial charge in [0.15, 0.2) is 12.4 Å². The molecule has 0 aliphatic carbocycles. The first-order chi connectivity index (χ1) is 14.3. The minimum absolute atomic E-state index is 0.0458. The molecule has 0 amide bonds. The SMILES string of the molecule is COc1ccc(C(=O)c2cccc(C)c2)cc1C.O=C(O)COc1ccc(Cl)cc1. The zero-order valence-corrected chi connectivity index (χ0v) is 17.8. The third-order valence-electron chi connectivity index (χ3n) is 4.11. The second kappa shape index (κ2) is 11.0. The van der Waals surface area contributed by atoms with Crippen LogP contribution in [0, 0.1) is 13.8 Å². The second-order valence-electron chi connectivity index (χ2n) is 6.52. The Morgan fingerprint density at radius 2 is 1.60 bits per heavy atom. The number of rotatable bonds is 6. The summed E-state index contributed by atoms with van der Waals surface area (Å²) in [6.07, 6.45) is 0. The van der Waals surface area contributed by atoms with E-state index in [0.29, 0.717) is 16.3 Å². The Labute approximate surface area is 180 Å². The van der Waals surface area contributed by atoms with Crippen LogP contribution in [-0.2, 0) is 4.79 Å². The topological polar surface area (TPSA) is 72.8 Å². The summed E-state index contributed by atoms with van der Waals surface area (Å²) in [5, 5.41) is 8.87. The van der Waals surface area contributed by atoms with Gasteiger partial charge >= 0.3 is 5.97 Å². The molecule has 30 heavy (non-hydrogen) atoms. The Balaban J connectivity index is 0.000000232. The van der Waals surface area contributed by atoms with E-state index >= 15 is 0 Å². The number of carboxylic acid groups (broad SMARTS) is 1. The van der Waals surface area contributed by atoms with Crippen molar-refractivity contribution in [2.75, 3.05) is 13.7 Å². The van der Waals surface area contributed by atoms with E-state index in [0.717, 1.165) is 22.4 Å². The lowest BCUT2D eigenvalue weighted by molar-refractivity contribution is -0.139. The van der Waals surface area contributed by atoms with E-state index in [-0.39, 0.29) is 12.4 Å². The smallest absolute Gasteiger partial charge is 0.341 e. The van der Waals surface area contributed by atoms with Crippen molar-refractivity contribution in [1.82, 2.24) is 0 Å². The van der Waals surface area contributed by atoms with Gasteiger partial charge in [-0.05, 0) is 67.9 Å². The predicted molar refractivity (Wildman–Crippen MR) is 117 cm³/mol.